The highest BCUT2D eigenvalue weighted by Crippen LogP contribution is 2.51. The van der Waals surface area contributed by atoms with Crippen molar-refractivity contribution in [1.82, 2.24) is 10.2 Å². The third-order valence-electron chi connectivity index (χ3n) is 6.54. The molecule has 0 saturated carbocycles. The number of allylic oxidation sites excluding steroid dienone is 1. The monoisotopic (exact) mass is 530 g/mol. The topological polar surface area (TPSA) is 135 Å². The van der Waals surface area contributed by atoms with Gasteiger partial charge in [-0.05, 0) is 51.0 Å². The molecule has 10 nitrogen and oxygen atoms in total. The van der Waals surface area contributed by atoms with Crippen LogP contribution in [0.1, 0.15) is 55.5 Å². The van der Waals surface area contributed by atoms with E-state index in [1.165, 1.54) is 24.2 Å². The molecule has 0 bridgehead atoms. The summed E-state index contributed by atoms with van der Waals surface area (Å²) in [6.07, 6.45) is 4.60. The Hall–Kier alpha value is -3.21. The van der Waals surface area contributed by atoms with Crippen molar-refractivity contribution in [2.75, 3.05) is 33.4 Å². The maximum atomic E-state index is 13.3. The van der Waals surface area contributed by atoms with E-state index in [4.69, 9.17) is 14.2 Å². The molecule has 3 N–H and O–H groups in total. The van der Waals surface area contributed by atoms with Gasteiger partial charge in [-0.2, -0.15) is 0 Å². The lowest BCUT2D eigenvalue weighted by Crippen LogP contribution is -2.55. The Morgan fingerprint density at radius 1 is 1.29 bits per heavy atom. The Kier molecular flexibility index (Phi) is 10.5. The van der Waals surface area contributed by atoms with E-state index in [0.717, 1.165) is 0 Å². The van der Waals surface area contributed by atoms with E-state index in [1.54, 1.807) is 18.2 Å². The molecule has 2 aliphatic rings. The smallest absolute Gasteiger partial charge is 0.247 e. The second-order valence-electron chi connectivity index (χ2n) is 9.52. The zero-order valence-electron chi connectivity index (χ0n) is 22.4. The molecule has 0 saturated heterocycles. The number of fused-ring (bicyclic) bond motifs is 3. The maximum absolute atomic E-state index is 13.3. The number of ether oxygens (including phenoxy) is 3. The predicted molar refractivity (Wildman–Crippen MR) is 140 cm³/mol. The van der Waals surface area contributed by atoms with Gasteiger partial charge in [-0.25, -0.2) is 0 Å². The van der Waals surface area contributed by atoms with Crippen LogP contribution in [0.3, 0.4) is 0 Å². The first-order valence-electron chi connectivity index (χ1n) is 13.0. The summed E-state index contributed by atoms with van der Waals surface area (Å²) >= 11 is 0. The van der Waals surface area contributed by atoms with E-state index in [-0.39, 0.29) is 37.3 Å². The average molecular weight is 531 g/mol. The molecule has 2 amide bonds. The van der Waals surface area contributed by atoms with Crippen LogP contribution in [0.25, 0.3) is 0 Å². The molecule has 4 unspecified atom stereocenters. The van der Waals surface area contributed by atoms with Crippen LogP contribution < -0.4 is 14.8 Å². The molecule has 3 rings (SSSR count). The summed E-state index contributed by atoms with van der Waals surface area (Å²) in [5, 5.41) is 23.5. The number of aliphatic hydroxyl groups excluding tert-OH is 2. The minimum absolute atomic E-state index is 0.0284. The predicted octanol–water partition coefficient (Wildman–Crippen LogP) is 1.74. The van der Waals surface area contributed by atoms with Crippen LogP contribution in [0, 0.1) is 0 Å². The van der Waals surface area contributed by atoms with Crippen molar-refractivity contribution in [2.45, 2.75) is 63.9 Å². The van der Waals surface area contributed by atoms with Crippen LogP contribution in [0.15, 0.2) is 35.9 Å². The van der Waals surface area contributed by atoms with E-state index in [0.29, 0.717) is 48.4 Å². The van der Waals surface area contributed by atoms with Crippen molar-refractivity contribution in [2.24, 2.45) is 0 Å². The Labute approximate surface area is 223 Å². The van der Waals surface area contributed by atoms with Crippen LogP contribution in [-0.4, -0.2) is 91.0 Å². The fourth-order valence-corrected chi connectivity index (χ4v) is 4.83. The summed E-state index contributed by atoms with van der Waals surface area (Å²) < 4.78 is 17.3. The summed E-state index contributed by atoms with van der Waals surface area (Å²) in [6, 6.07) is 2.28. The normalized spacial score (nSPS) is 21.9. The van der Waals surface area contributed by atoms with Gasteiger partial charge in [-0.1, -0.05) is 13.0 Å². The molecular formula is C28H38N2O8. The number of carbonyl (C=O) groups is 3. The first kappa shape index (κ1) is 29.3. The molecule has 38 heavy (non-hydrogen) atoms. The highest BCUT2D eigenvalue weighted by Gasteiger charge is 2.51. The molecule has 1 aromatic carbocycles. The fourth-order valence-electron chi connectivity index (χ4n) is 4.83. The SMILES string of the molecule is CCC=CC(=O)N(CCCOC(C)C)C1C=C(C(=O)NCCO)C2c3cc(C=O)cc(OC)c3OC2C1O. The van der Waals surface area contributed by atoms with E-state index in [2.05, 4.69) is 5.32 Å². The van der Waals surface area contributed by atoms with Crippen molar-refractivity contribution < 1.29 is 38.8 Å². The van der Waals surface area contributed by atoms with Gasteiger partial charge in [0.25, 0.3) is 0 Å². The molecule has 1 heterocycles. The number of hydrogen-bond donors (Lipinski definition) is 3. The first-order valence-corrected chi connectivity index (χ1v) is 13.0. The molecule has 0 fully saturated rings. The van der Waals surface area contributed by atoms with Gasteiger partial charge in [0.1, 0.15) is 18.5 Å². The number of hydrogen-bond acceptors (Lipinski definition) is 8. The lowest BCUT2D eigenvalue weighted by atomic mass is 9.77. The van der Waals surface area contributed by atoms with E-state index in [1.807, 2.05) is 20.8 Å². The van der Waals surface area contributed by atoms with Gasteiger partial charge in [0.15, 0.2) is 11.5 Å². The number of rotatable bonds is 13. The summed E-state index contributed by atoms with van der Waals surface area (Å²) in [7, 11) is 1.44. The number of methoxy groups -OCH3 is 1. The molecule has 1 aliphatic heterocycles. The number of nitrogens with one attached hydrogen (secondary N) is 1. The number of aldehydes is 1. The molecule has 4 atom stereocenters. The van der Waals surface area contributed by atoms with E-state index >= 15 is 0 Å². The van der Waals surface area contributed by atoms with Gasteiger partial charge >= 0.3 is 0 Å². The number of nitrogens with zero attached hydrogens (tertiary/aromatic N) is 1. The first-order chi connectivity index (χ1) is 18.3. The Balaban J connectivity index is 2.06. The van der Waals surface area contributed by atoms with Gasteiger partial charge in [0, 0.05) is 36.4 Å². The number of benzene rings is 1. The van der Waals surface area contributed by atoms with E-state index in [9.17, 15) is 24.6 Å². The fraction of sp³-hybridized carbons (Fsp3) is 0.536. The van der Waals surface area contributed by atoms with Crippen LogP contribution >= 0.6 is 0 Å². The van der Waals surface area contributed by atoms with Crippen molar-refractivity contribution in [3.63, 3.8) is 0 Å². The minimum Gasteiger partial charge on any atom is -0.493 e. The highest BCUT2D eigenvalue weighted by molar-refractivity contribution is 5.97. The standard InChI is InChI=1S/C28H38N2O8/c1-5-6-8-23(33)30(10-7-12-37-17(2)3)21-15-20(28(35)29-9-11-31)24-19-13-18(16-32)14-22(36-4)26(19)38-27(24)25(21)34/h6,8,13-17,21,24-25,27,31,34H,5,7,9-12H2,1-4H3,(H,29,35). The summed E-state index contributed by atoms with van der Waals surface area (Å²) in [5.74, 6) is -0.833. The molecule has 208 valence electrons. The van der Waals surface area contributed by atoms with Crippen molar-refractivity contribution >= 4 is 18.1 Å². The van der Waals surface area contributed by atoms with Crippen LogP contribution in [0.4, 0.5) is 0 Å². The molecule has 0 radical (unpaired) electrons. The lowest BCUT2D eigenvalue weighted by molar-refractivity contribution is -0.132. The van der Waals surface area contributed by atoms with Gasteiger partial charge in [0.2, 0.25) is 11.8 Å². The molecule has 0 aromatic heterocycles. The van der Waals surface area contributed by atoms with Gasteiger partial charge in [-0.15, -0.1) is 0 Å². The van der Waals surface area contributed by atoms with Gasteiger partial charge in [-0.3, -0.25) is 14.4 Å². The van der Waals surface area contributed by atoms with Crippen molar-refractivity contribution in [3.05, 3.63) is 47.1 Å². The third-order valence-corrected chi connectivity index (χ3v) is 6.54. The quantitative estimate of drug-likeness (QED) is 0.199. The van der Waals surface area contributed by atoms with Crippen LogP contribution in [-0.2, 0) is 14.3 Å². The van der Waals surface area contributed by atoms with Gasteiger partial charge < -0.3 is 34.6 Å². The molecule has 1 aromatic rings. The highest BCUT2D eigenvalue weighted by atomic mass is 16.5. The van der Waals surface area contributed by atoms with E-state index < -0.39 is 30.1 Å². The molecular weight excluding hydrogens is 492 g/mol. The summed E-state index contributed by atoms with van der Waals surface area (Å²) in [6.45, 7) is 6.26. The Morgan fingerprint density at radius 2 is 2.05 bits per heavy atom. The zero-order valence-corrected chi connectivity index (χ0v) is 22.4. The zero-order chi connectivity index (χ0) is 27.8. The Morgan fingerprint density at radius 3 is 2.68 bits per heavy atom. The molecule has 10 heteroatoms. The summed E-state index contributed by atoms with van der Waals surface area (Å²) in [4.78, 5) is 39.7. The minimum atomic E-state index is -1.18. The average Bonchev–Trinajstić information content (AvgIpc) is 3.30. The van der Waals surface area contributed by atoms with Crippen LogP contribution in [0.2, 0.25) is 0 Å². The van der Waals surface area contributed by atoms with Crippen molar-refractivity contribution in [1.29, 1.82) is 0 Å². The lowest BCUT2D eigenvalue weighted by Gasteiger charge is -2.40. The summed E-state index contributed by atoms with van der Waals surface area (Å²) in [5.41, 5.74) is 1.15. The maximum Gasteiger partial charge on any atom is 0.247 e. The van der Waals surface area contributed by atoms with Gasteiger partial charge in [0.05, 0.1) is 31.8 Å². The number of aliphatic hydroxyl groups is 2. The molecule has 1 aliphatic carbocycles. The Bertz CT molecular complexity index is 1070. The number of amides is 2. The van der Waals surface area contributed by atoms with Crippen molar-refractivity contribution in [3.8, 4) is 11.5 Å². The number of carbonyl (C=O) groups excluding carboxylic acids is 3. The second kappa shape index (κ2) is 13.5. The molecule has 0 spiro atoms. The largest absolute Gasteiger partial charge is 0.493 e. The third kappa shape index (κ3) is 6.43. The van der Waals surface area contributed by atoms with Crippen LogP contribution in [0.5, 0.6) is 11.5 Å². The second-order valence-corrected chi connectivity index (χ2v) is 9.52.